The zero-order valence-electron chi connectivity index (χ0n) is 13.1. The summed E-state index contributed by atoms with van der Waals surface area (Å²) in [5.74, 6) is 0.806. The molecule has 0 aliphatic heterocycles. The zero-order valence-corrected chi connectivity index (χ0v) is 13.9. The molecular formula is C15H25NO4S. The topological polar surface area (TPSA) is 75.6 Å². The second kappa shape index (κ2) is 7.77. The molecule has 2 N–H and O–H groups in total. The summed E-state index contributed by atoms with van der Waals surface area (Å²) >= 11 is 0. The molecular weight excluding hydrogens is 290 g/mol. The lowest BCUT2D eigenvalue weighted by atomic mass is 10.1. The van der Waals surface area contributed by atoms with Crippen LogP contribution in [0.2, 0.25) is 0 Å². The minimum Gasteiger partial charge on any atom is -0.495 e. The largest absolute Gasteiger partial charge is 0.495 e. The minimum absolute atomic E-state index is 0.0629. The molecule has 0 saturated heterocycles. The van der Waals surface area contributed by atoms with Crippen LogP contribution in [-0.4, -0.2) is 26.7 Å². The highest BCUT2D eigenvalue weighted by molar-refractivity contribution is 7.89. The molecule has 120 valence electrons. The third-order valence-corrected chi connectivity index (χ3v) is 4.84. The summed E-state index contributed by atoms with van der Waals surface area (Å²) < 4.78 is 32.7. The summed E-state index contributed by atoms with van der Waals surface area (Å²) in [6.45, 7) is 5.85. The molecule has 1 unspecified atom stereocenters. The van der Waals surface area contributed by atoms with Crippen molar-refractivity contribution in [2.24, 2.45) is 5.92 Å². The Kier molecular flexibility index (Phi) is 6.64. The number of aliphatic hydroxyl groups is 1. The smallest absolute Gasteiger partial charge is 0.244 e. The van der Waals surface area contributed by atoms with Gasteiger partial charge in [-0.3, -0.25) is 0 Å². The Bertz CT molecular complexity index is 555. The Morgan fingerprint density at radius 1 is 1.24 bits per heavy atom. The predicted molar refractivity (Wildman–Crippen MR) is 82.8 cm³/mol. The molecule has 0 aliphatic rings. The van der Waals surface area contributed by atoms with Crippen molar-refractivity contribution in [1.29, 1.82) is 0 Å². The lowest BCUT2D eigenvalue weighted by Crippen LogP contribution is -2.33. The quantitative estimate of drug-likeness (QED) is 0.772. The van der Waals surface area contributed by atoms with E-state index in [1.165, 1.54) is 13.2 Å². The van der Waals surface area contributed by atoms with Crippen molar-refractivity contribution in [2.45, 2.75) is 51.2 Å². The van der Waals surface area contributed by atoms with Crippen LogP contribution in [0.5, 0.6) is 5.75 Å². The van der Waals surface area contributed by atoms with Gasteiger partial charge in [0.1, 0.15) is 10.6 Å². The summed E-state index contributed by atoms with van der Waals surface area (Å²) in [7, 11) is -2.24. The average Bonchev–Trinajstić information content (AvgIpc) is 2.44. The molecule has 21 heavy (non-hydrogen) atoms. The summed E-state index contributed by atoms with van der Waals surface area (Å²) in [4.78, 5) is 0.0629. The Morgan fingerprint density at radius 2 is 1.90 bits per heavy atom. The van der Waals surface area contributed by atoms with Crippen molar-refractivity contribution >= 4 is 10.0 Å². The van der Waals surface area contributed by atoms with Gasteiger partial charge >= 0.3 is 0 Å². The third kappa shape index (κ3) is 5.30. The van der Waals surface area contributed by atoms with Crippen LogP contribution in [0, 0.1) is 5.92 Å². The monoisotopic (exact) mass is 315 g/mol. The summed E-state index contributed by atoms with van der Waals surface area (Å²) in [6, 6.07) is 4.48. The number of methoxy groups -OCH3 is 1. The molecule has 5 nitrogen and oxygen atoms in total. The van der Waals surface area contributed by atoms with Gasteiger partial charge in [0, 0.05) is 6.04 Å². The first-order valence-electron chi connectivity index (χ1n) is 7.10. The lowest BCUT2D eigenvalue weighted by molar-refractivity contribution is 0.281. The van der Waals surface area contributed by atoms with E-state index in [4.69, 9.17) is 9.84 Å². The molecule has 1 aromatic rings. The number of nitrogens with one attached hydrogen (secondary N) is 1. The van der Waals surface area contributed by atoms with Crippen LogP contribution in [-0.2, 0) is 16.6 Å². The number of sulfonamides is 1. The van der Waals surface area contributed by atoms with Gasteiger partial charge < -0.3 is 9.84 Å². The fourth-order valence-electron chi connectivity index (χ4n) is 2.00. The lowest BCUT2D eigenvalue weighted by Gasteiger charge is -2.17. The van der Waals surface area contributed by atoms with E-state index in [1.54, 1.807) is 12.1 Å². The highest BCUT2D eigenvalue weighted by Gasteiger charge is 2.22. The number of aliphatic hydroxyl groups excluding tert-OH is 1. The fraction of sp³-hybridized carbons (Fsp3) is 0.600. The van der Waals surface area contributed by atoms with Crippen LogP contribution in [0.3, 0.4) is 0 Å². The van der Waals surface area contributed by atoms with Crippen molar-refractivity contribution in [3.63, 3.8) is 0 Å². The van der Waals surface area contributed by atoms with Crippen LogP contribution in [0.25, 0.3) is 0 Å². The Hall–Kier alpha value is -1.11. The Morgan fingerprint density at radius 3 is 2.43 bits per heavy atom. The molecule has 0 saturated carbocycles. The van der Waals surface area contributed by atoms with E-state index in [2.05, 4.69) is 18.6 Å². The van der Waals surface area contributed by atoms with Crippen molar-refractivity contribution in [2.75, 3.05) is 7.11 Å². The van der Waals surface area contributed by atoms with E-state index in [9.17, 15) is 8.42 Å². The molecule has 0 radical (unpaired) electrons. The van der Waals surface area contributed by atoms with E-state index in [-0.39, 0.29) is 23.3 Å². The van der Waals surface area contributed by atoms with Gasteiger partial charge in [0.05, 0.1) is 13.7 Å². The number of hydrogen-bond donors (Lipinski definition) is 2. The van der Waals surface area contributed by atoms with Gasteiger partial charge in [0.2, 0.25) is 10.0 Å². The van der Waals surface area contributed by atoms with Crippen LogP contribution in [0.4, 0.5) is 0 Å². The fourth-order valence-corrected chi connectivity index (χ4v) is 3.50. The van der Waals surface area contributed by atoms with Crippen LogP contribution >= 0.6 is 0 Å². The SMILES string of the molecule is COc1ccc(CO)cc1S(=O)(=O)NC(C)CCC(C)C. The predicted octanol–water partition coefficient (Wildman–Crippen LogP) is 2.29. The molecule has 6 heteroatoms. The zero-order chi connectivity index (χ0) is 16.0. The summed E-state index contributed by atoms with van der Waals surface area (Å²) in [5.41, 5.74) is 0.533. The Labute approximate surface area is 127 Å². The van der Waals surface area contributed by atoms with E-state index >= 15 is 0 Å². The van der Waals surface area contributed by atoms with Gasteiger partial charge in [-0.1, -0.05) is 19.9 Å². The van der Waals surface area contributed by atoms with Gasteiger partial charge in [0.15, 0.2) is 0 Å². The Balaban J connectivity index is 2.96. The standard InChI is InChI=1S/C15H25NO4S/c1-11(2)5-6-12(3)16-21(18,19)15-9-13(10-17)7-8-14(15)20-4/h7-9,11-12,16-17H,5-6,10H2,1-4H3. The third-order valence-electron chi connectivity index (χ3n) is 3.23. The molecule has 0 bridgehead atoms. The molecule has 0 spiro atoms. The van der Waals surface area contributed by atoms with Crippen molar-refractivity contribution in [3.05, 3.63) is 23.8 Å². The summed E-state index contributed by atoms with van der Waals surface area (Å²) in [5, 5.41) is 9.16. The number of rotatable bonds is 8. The molecule has 1 atom stereocenters. The number of hydrogen-bond acceptors (Lipinski definition) is 4. The molecule has 0 fully saturated rings. The first-order valence-corrected chi connectivity index (χ1v) is 8.58. The molecule has 0 aromatic heterocycles. The number of benzene rings is 1. The first-order chi connectivity index (χ1) is 9.80. The van der Waals surface area contributed by atoms with Gasteiger partial charge in [-0.2, -0.15) is 0 Å². The number of ether oxygens (including phenoxy) is 1. The summed E-state index contributed by atoms with van der Waals surface area (Å²) in [6.07, 6.45) is 1.73. The molecule has 1 aromatic carbocycles. The molecule has 0 aliphatic carbocycles. The van der Waals surface area contributed by atoms with E-state index < -0.39 is 10.0 Å². The maximum atomic E-state index is 12.5. The van der Waals surface area contributed by atoms with Crippen LogP contribution in [0.1, 0.15) is 39.2 Å². The van der Waals surface area contributed by atoms with E-state index in [0.29, 0.717) is 11.5 Å². The van der Waals surface area contributed by atoms with E-state index in [0.717, 1.165) is 12.8 Å². The molecule has 1 rings (SSSR count). The average molecular weight is 315 g/mol. The van der Waals surface area contributed by atoms with Crippen LogP contribution < -0.4 is 9.46 Å². The minimum atomic E-state index is -3.67. The van der Waals surface area contributed by atoms with Crippen molar-refractivity contribution < 1.29 is 18.3 Å². The van der Waals surface area contributed by atoms with E-state index in [1.807, 2.05) is 6.92 Å². The van der Waals surface area contributed by atoms with Crippen molar-refractivity contribution in [1.82, 2.24) is 4.72 Å². The highest BCUT2D eigenvalue weighted by atomic mass is 32.2. The second-order valence-electron chi connectivity index (χ2n) is 5.64. The molecule has 0 amide bonds. The highest BCUT2D eigenvalue weighted by Crippen LogP contribution is 2.25. The maximum absolute atomic E-state index is 12.5. The first kappa shape index (κ1) is 17.9. The van der Waals surface area contributed by atoms with Crippen LogP contribution in [0.15, 0.2) is 23.1 Å². The van der Waals surface area contributed by atoms with Gasteiger partial charge in [-0.25, -0.2) is 13.1 Å². The maximum Gasteiger partial charge on any atom is 0.244 e. The normalized spacial score (nSPS) is 13.4. The van der Waals surface area contributed by atoms with Gasteiger partial charge in [-0.15, -0.1) is 0 Å². The second-order valence-corrected chi connectivity index (χ2v) is 7.32. The van der Waals surface area contributed by atoms with Crippen molar-refractivity contribution in [3.8, 4) is 5.75 Å². The van der Waals surface area contributed by atoms with Gasteiger partial charge in [0.25, 0.3) is 0 Å². The molecule has 0 heterocycles. The van der Waals surface area contributed by atoms with Gasteiger partial charge in [-0.05, 0) is 43.4 Å².